The van der Waals surface area contributed by atoms with Gasteiger partial charge in [0, 0.05) is 22.1 Å². The Labute approximate surface area is 309 Å². The lowest BCUT2D eigenvalue weighted by Crippen LogP contribution is -2.14. The first-order valence-electron chi connectivity index (χ1n) is 18.2. The van der Waals surface area contributed by atoms with Crippen LogP contribution in [-0.4, -0.2) is 15.0 Å². The van der Waals surface area contributed by atoms with E-state index in [4.69, 9.17) is 15.0 Å². The minimum Gasteiger partial charge on any atom is -0.208 e. The molecule has 1 heterocycles. The van der Waals surface area contributed by atoms with E-state index < -0.39 is 0 Å². The summed E-state index contributed by atoms with van der Waals surface area (Å²) < 4.78 is 0. The first kappa shape index (κ1) is 31.1. The fourth-order valence-electron chi connectivity index (χ4n) is 8.33. The maximum absolute atomic E-state index is 5.26. The van der Waals surface area contributed by atoms with Crippen molar-refractivity contribution in [3.63, 3.8) is 0 Å². The number of nitrogens with zero attached hydrogens (tertiary/aromatic N) is 3. The van der Waals surface area contributed by atoms with Gasteiger partial charge in [0.1, 0.15) is 0 Å². The molecule has 1 aliphatic rings. The number of aromatic nitrogens is 3. The summed E-state index contributed by atoms with van der Waals surface area (Å²) in [6.45, 7) is 4.66. The highest BCUT2D eigenvalue weighted by atomic mass is 15.0. The molecule has 0 unspecified atom stereocenters. The first-order valence-corrected chi connectivity index (χ1v) is 18.2. The molecule has 0 N–H and O–H groups in total. The van der Waals surface area contributed by atoms with E-state index >= 15 is 0 Å². The van der Waals surface area contributed by atoms with Gasteiger partial charge in [-0.1, -0.05) is 184 Å². The van der Waals surface area contributed by atoms with Gasteiger partial charge in [-0.15, -0.1) is 0 Å². The molecule has 0 amide bonds. The summed E-state index contributed by atoms with van der Waals surface area (Å²) in [5.74, 6) is 1.94. The average Bonchev–Trinajstić information content (AvgIpc) is 3.47. The predicted octanol–water partition coefficient (Wildman–Crippen LogP) is 12.8. The van der Waals surface area contributed by atoms with Crippen molar-refractivity contribution < 1.29 is 0 Å². The fourth-order valence-corrected chi connectivity index (χ4v) is 8.33. The van der Waals surface area contributed by atoms with Gasteiger partial charge in [0.15, 0.2) is 17.5 Å². The van der Waals surface area contributed by atoms with Crippen LogP contribution in [0, 0.1) is 0 Å². The van der Waals surface area contributed by atoms with Crippen molar-refractivity contribution in [1.82, 2.24) is 15.0 Å². The minimum atomic E-state index is -0.0530. The molecule has 0 radical (unpaired) electrons. The summed E-state index contributed by atoms with van der Waals surface area (Å²) in [5.41, 5.74) is 12.8. The molecule has 0 saturated carbocycles. The second-order valence-electron chi connectivity index (χ2n) is 14.4. The van der Waals surface area contributed by atoms with Crippen LogP contribution in [0.4, 0.5) is 0 Å². The third-order valence-electron chi connectivity index (χ3n) is 11.0. The molecular formula is C50H35N3. The Kier molecular flexibility index (Phi) is 7.16. The lowest BCUT2D eigenvalue weighted by molar-refractivity contribution is 0.660. The standard InChI is InChI=1S/C50H35N3/c1-50(2)44-25-13-12-23-42(44)46-38(24-14-26-45(46)50)33-27-29-34(30-28-33)47-51-48(41-22-11-8-18-36(41)32-15-4-3-5-16-32)53-49(52-47)43-31-35-17-6-7-19-37(35)39-20-9-10-21-40(39)43/h3-31H,1-2H3. The first-order chi connectivity index (χ1) is 26.0. The highest BCUT2D eigenvalue weighted by Gasteiger charge is 2.36. The van der Waals surface area contributed by atoms with Crippen LogP contribution in [0.3, 0.4) is 0 Å². The molecule has 0 bridgehead atoms. The molecule has 53 heavy (non-hydrogen) atoms. The van der Waals surface area contributed by atoms with Crippen LogP contribution in [0.1, 0.15) is 25.0 Å². The lowest BCUT2D eigenvalue weighted by Gasteiger charge is -2.21. The molecule has 10 rings (SSSR count). The molecule has 9 aromatic rings. The summed E-state index contributed by atoms with van der Waals surface area (Å²) in [6, 6.07) is 62.5. The Bertz CT molecular complexity index is 2850. The number of fused-ring (bicyclic) bond motifs is 6. The van der Waals surface area contributed by atoms with Crippen LogP contribution < -0.4 is 0 Å². The van der Waals surface area contributed by atoms with Crippen LogP contribution >= 0.6 is 0 Å². The van der Waals surface area contributed by atoms with Gasteiger partial charge in [-0.2, -0.15) is 0 Å². The highest BCUT2D eigenvalue weighted by Crippen LogP contribution is 2.52. The molecule has 3 heteroatoms. The largest absolute Gasteiger partial charge is 0.208 e. The van der Waals surface area contributed by atoms with E-state index in [1.165, 1.54) is 44.2 Å². The minimum absolute atomic E-state index is 0.0530. The monoisotopic (exact) mass is 677 g/mol. The third-order valence-corrected chi connectivity index (χ3v) is 11.0. The third kappa shape index (κ3) is 5.08. The van der Waals surface area contributed by atoms with Crippen molar-refractivity contribution in [2.24, 2.45) is 0 Å². The zero-order valence-corrected chi connectivity index (χ0v) is 29.6. The van der Waals surface area contributed by atoms with E-state index in [9.17, 15) is 0 Å². The Morgan fingerprint density at radius 3 is 1.66 bits per heavy atom. The molecule has 3 nitrogen and oxygen atoms in total. The predicted molar refractivity (Wildman–Crippen MR) is 220 cm³/mol. The van der Waals surface area contributed by atoms with Gasteiger partial charge in [0.2, 0.25) is 0 Å². The molecule has 0 spiro atoms. The smallest absolute Gasteiger partial charge is 0.164 e. The second-order valence-corrected chi connectivity index (χ2v) is 14.4. The van der Waals surface area contributed by atoms with E-state index in [-0.39, 0.29) is 5.41 Å². The normalized spacial score (nSPS) is 12.9. The van der Waals surface area contributed by atoms with E-state index in [2.05, 4.69) is 184 Å². The van der Waals surface area contributed by atoms with Crippen LogP contribution in [0.2, 0.25) is 0 Å². The van der Waals surface area contributed by atoms with Crippen molar-refractivity contribution in [2.45, 2.75) is 19.3 Å². The molecule has 0 saturated heterocycles. The Hall–Kier alpha value is -6.71. The molecule has 0 aliphatic heterocycles. The van der Waals surface area contributed by atoms with Crippen LogP contribution in [0.15, 0.2) is 176 Å². The quantitative estimate of drug-likeness (QED) is 0.170. The number of benzene rings is 8. The molecule has 1 aromatic heterocycles. The van der Waals surface area contributed by atoms with Gasteiger partial charge in [0.25, 0.3) is 0 Å². The van der Waals surface area contributed by atoms with Crippen molar-refractivity contribution in [1.29, 1.82) is 0 Å². The van der Waals surface area contributed by atoms with Crippen molar-refractivity contribution in [3.05, 3.63) is 187 Å². The summed E-state index contributed by atoms with van der Waals surface area (Å²) in [7, 11) is 0. The zero-order valence-electron chi connectivity index (χ0n) is 29.6. The van der Waals surface area contributed by atoms with E-state index in [1.807, 2.05) is 6.07 Å². The van der Waals surface area contributed by atoms with Gasteiger partial charge in [-0.05, 0) is 72.1 Å². The van der Waals surface area contributed by atoms with Crippen LogP contribution in [-0.2, 0) is 5.41 Å². The van der Waals surface area contributed by atoms with Gasteiger partial charge >= 0.3 is 0 Å². The molecule has 8 aromatic carbocycles. The highest BCUT2D eigenvalue weighted by molar-refractivity contribution is 6.13. The number of rotatable bonds is 5. The van der Waals surface area contributed by atoms with Crippen LogP contribution in [0.5, 0.6) is 0 Å². The summed E-state index contributed by atoms with van der Waals surface area (Å²) in [5, 5.41) is 4.66. The topological polar surface area (TPSA) is 38.7 Å². The lowest BCUT2D eigenvalue weighted by atomic mass is 9.82. The van der Waals surface area contributed by atoms with E-state index in [1.54, 1.807) is 0 Å². The Morgan fingerprint density at radius 1 is 0.340 bits per heavy atom. The zero-order chi connectivity index (χ0) is 35.5. The summed E-state index contributed by atoms with van der Waals surface area (Å²) >= 11 is 0. The van der Waals surface area contributed by atoms with Gasteiger partial charge in [-0.3, -0.25) is 0 Å². The number of hydrogen-bond donors (Lipinski definition) is 0. The molecule has 0 fully saturated rings. The Balaban J connectivity index is 1.16. The van der Waals surface area contributed by atoms with Crippen LogP contribution in [0.25, 0.3) is 89.1 Å². The molecular weight excluding hydrogens is 643 g/mol. The fraction of sp³-hybridized carbons (Fsp3) is 0.0600. The van der Waals surface area contributed by atoms with Gasteiger partial charge < -0.3 is 0 Å². The SMILES string of the molecule is CC1(C)c2ccccc2-c2c(-c3ccc(-c4nc(-c5ccccc5-c5ccccc5)nc(-c5cc6ccccc6c6ccccc56)n4)cc3)cccc21. The van der Waals surface area contributed by atoms with Crippen molar-refractivity contribution >= 4 is 21.5 Å². The summed E-state index contributed by atoms with van der Waals surface area (Å²) in [6.07, 6.45) is 0. The maximum Gasteiger partial charge on any atom is 0.164 e. The number of hydrogen-bond acceptors (Lipinski definition) is 3. The average molecular weight is 678 g/mol. The van der Waals surface area contributed by atoms with E-state index in [0.29, 0.717) is 17.5 Å². The second kappa shape index (κ2) is 12.2. The maximum atomic E-state index is 5.26. The molecule has 0 atom stereocenters. The van der Waals surface area contributed by atoms with Gasteiger partial charge in [-0.25, -0.2) is 15.0 Å². The molecule has 250 valence electrons. The van der Waals surface area contributed by atoms with Gasteiger partial charge in [0.05, 0.1) is 0 Å². The van der Waals surface area contributed by atoms with Crippen molar-refractivity contribution in [2.75, 3.05) is 0 Å². The summed E-state index contributed by atoms with van der Waals surface area (Å²) in [4.78, 5) is 15.7. The van der Waals surface area contributed by atoms with E-state index in [0.717, 1.165) is 38.6 Å². The Morgan fingerprint density at radius 2 is 0.868 bits per heavy atom. The van der Waals surface area contributed by atoms with Crippen molar-refractivity contribution in [3.8, 4) is 67.5 Å². The molecule has 1 aliphatic carbocycles.